The summed E-state index contributed by atoms with van der Waals surface area (Å²) in [5, 5.41) is 2.60. The van der Waals surface area contributed by atoms with Crippen LogP contribution < -0.4 is 5.32 Å². The molecule has 0 radical (unpaired) electrons. The van der Waals surface area contributed by atoms with Gasteiger partial charge in [0.2, 0.25) is 5.91 Å². The van der Waals surface area contributed by atoms with Crippen LogP contribution in [0.2, 0.25) is 0 Å². The third-order valence-corrected chi connectivity index (χ3v) is 5.12. The molecule has 2 atom stereocenters. The van der Waals surface area contributed by atoms with E-state index >= 15 is 0 Å². The highest BCUT2D eigenvalue weighted by Gasteiger charge is 2.73. The molecule has 0 bridgehead atoms. The Balaban J connectivity index is 1.82. The molecule has 1 aliphatic rings. The minimum Gasteiger partial charge on any atom is -0.459 e. The molecule has 1 amide bonds. The standard InChI is InChI=1S/C20H20F7NO4/c1-10(16(30)28-13-6-5-12-7-15(29)14(12)8-13)3-4-11(2)17(31)32-9-18(21,22)19(23,24)20(25,26)27/h5-6,8,10-11H,3-4,7,9H2,1-2H3,(H,28,30). The van der Waals surface area contributed by atoms with Gasteiger partial charge in [-0.15, -0.1) is 0 Å². The number of amides is 1. The van der Waals surface area contributed by atoms with Gasteiger partial charge in [-0.3, -0.25) is 14.4 Å². The first-order valence-electron chi connectivity index (χ1n) is 9.53. The number of rotatable bonds is 9. The minimum atomic E-state index is -6.51. The zero-order chi connectivity index (χ0) is 24.5. The van der Waals surface area contributed by atoms with Crippen LogP contribution in [0.15, 0.2) is 18.2 Å². The number of hydrogen-bond acceptors (Lipinski definition) is 4. The molecule has 1 N–H and O–H groups in total. The second-order valence-electron chi connectivity index (χ2n) is 7.72. The maximum Gasteiger partial charge on any atom is 0.460 e. The number of nitrogens with one attached hydrogen (secondary N) is 1. The lowest BCUT2D eigenvalue weighted by atomic mass is 9.87. The number of carbonyl (C=O) groups is 3. The highest BCUT2D eigenvalue weighted by molar-refractivity contribution is 6.07. The van der Waals surface area contributed by atoms with Crippen molar-refractivity contribution in [2.45, 2.75) is 51.1 Å². The van der Waals surface area contributed by atoms with Crippen molar-refractivity contribution in [2.24, 2.45) is 11.8 Å². The topological polar surface area (TPSA) is 72.5 Å². The van der Waals surface area contributed by atoms with E-state index in [-0.39, 0.29) is 18.6 Å². The number of fused-ring (bicyclic) bond motifs is 1. The largest absolute Gasteiger partial charge is 0.460 e. The van der Waals surface area contributed by atoms with Crippen LogP contribution >= 0.6 is 0 Å². The lowest BCUT2D eigenvalue weighted by molar-refractivity contribution is -0.360. The van der Waals surface area contributed by atoms with Crippen molar-refractivity contribution >= 4 is 23.3 Å². The summed E-state index contributed by atoms with van der Waals surface area (Å²) in [5.41, 5.74) is 1.78. The highest BCUT2D eigenvalue weighted by Crippen LogP contribution is 2.46. The number of halogens is 7. The van der Waals surface area contributed by atoms with Gasteiger partial charge in [0.1, 0.15) is 0 Å². The second kappa shape index (κ2) is 9.07. The lowest BCUT2D eigenvalue weighted by Crippen LogP contribution is -2.54. The number of ketones is 1. The maximum atomic E-state index is 13.2. The van der Waals surface area contributed by atoms with Crippen LogP contribution in [0.5, 0.6) is 0 Å². The molecule has 0 fully saturated rings. The van der Waals surface area contributed by atoms with Crippen molar-refractivity contribution in [2.75, 3.05) is 11.9 Å². The van der Waals surface area contributed by atoms with E-state index < -0.39 is 48.3 Å². The van der Waals surface area contributed by atoms with E-state index in [2.05, 4.69) is 10.1 Å². The molecular weight excluding hydrogens is 451 g/mol. The van der Waals surface area contributed by atoms with Crippen molar-refractivity contribution < 1.29 is 49.9 Å². The fourth-order valence-corrected chi connectivity index (χ4v) is 2.85. The normalized spacial score (nSPS) is 16.0. The Bertz CT molecular complexity index is 898. The van der Waals surface area contributed by atoms with Gasteiger partial charge >= 0.3 is 24.0 Å². The molecule has 32 heavy (non-hydrogen) atoms. The molecule has 5 nitrogen and oxygen atoms in total. The SMILES string of the molecule is CC(CCC(C)C(=O)OCC(F)(F)C(F)(F)C(F)(F)F)C(=O)Nc1ccc2c(c1)C(=O)C2. The summed E-state index contributed by atoms with van der Waals surface area (Å²) in [6.45, 7) is 0.281. The van der Waals surface area contributed by atoms with E-state index in [1.54, 1.807) is 12.1 Å². The van der Waals surface area contributed by atoms with Gasteiger partial charge in [0.05, 0.1) is 5.92 Å². The summed E-state index contributed by atoms with van der Waals surface area (Å²) in [6.07, 6.45) is -6.17. The Morgan fingerprint density at radius 2 is 1.62 bits per heavy atom. The number of esters is 1. The van der Waals surface area contributed by atoms with Gasteiger partial charge in [0.25, 0.3) is 0 Å². The summed E-state index contributed by atoms with van der Waals surface area (Å²) in [5.74, 6) is -15.7. The molecule has 12 heteroatoms. The molecule has 0 aliphatic heterocycles. The minimum absolute atomic E-state index is 0.0462. The van der Waals surface area contributed by atoms with Gasteiger partial charge in [-0.2, -0.15) is 30.7 Å². The molecule has 0 saturated carbocycles. The van der Waals surface area contributed by atoms with Crippen LogP contribution in [0, 0.1) is 11.8 Å². The monoisotopic (exact) mass is 471 g/mol. The zero-order valence-corrected chi connectivity index (χ0v) is 17.0. The molecule has 0 saturated heterocycles. The molecule has 1 aliphatic carbocycles. The van der Waals surface area contributed by atoms with E-state index in [0.29, 0.717) is 17.7 Å². The quantitative estimate of drug-likeness (QED) is 0.415. The molecule has 178 valence electrons. The van der Waals surface area contributed by atoms with E-state index in [4.69, 9.17) is 0 Å². The summed E-state index contributed by atoms with van der Waals surface area (Å²) < 4.78 is 92.3. The van der Waals surface area contributed by atoms with Gasteiger partial charge in [-0.05, 0) is 30.5 Å². The highest BCUT2D eigenvalue weighted by atomic mass is 19.4. The summed E-state index contributed by atoms with van der Waals surface area (Å²) in [7, 11) is 0. The number of alkyl halides is 7. The lowest BCUT2D eigenvalue weighted by Gasteiger charge is -2.28. The number of carbonyl (C=O) groups excluding carboxylic acids is 3. The number of hydrogen-bond donors (Lipinski definition) is 1. The first-order valence-corrected chi connectivity index (χ1v) is 9.53. The fraction of sp³-hybridized carbons (Fsp3) is 0.550. The van der Waals surface area contributed by atoms with Gasteiger partial charge in [-0.25, -0.2) is 0 Å². The number of anilines is 1. The molecule has 1 aromatic rings. The summed E-state index contributed by atoms with van der Waals surface area (Å²) in [6, 6.07) is 4.85. The Morgan fingerprint density at radius 3 is 2.19 bits per heavy atom. The van der Waals surface area contributed by atoms with Crippen molar-refractivity contribution in [1.29, 1.82) is 0 Å². The van der Waals surface area contributed by atoms with Crippen LogP contribution in [0.25, 0.3) is 0 Å². The number of ether oxygens (including phenoxy) is 1. The fourth-order valence-electron chi connectivity index (χ4n) is 2.85. The predicted octanol–water partition coefficient (Wildman–Crippen LogP) is 4.79. The van der Waals surface area contributed by atoms with Gasteiger partial charge in [0, 0.05) is 23.6 Å². The van der Waals surface area contributed by atoms with E-state index in [1.807, 2.05) is 0 Å². The van der Waals surface area contributed by atoms with Crippen LogP contribution in [-0.2, 0) is 20.7 Å². The van der Waals surface area contributed by atoms with Crippen LogP contribution in [0.3, 0.4) is 0 Å². The van der Waals surface area contributed by atoms with E-state index in [1.165, 1.54) is 19.9 Å². The maximum absolute atomic E-state index is 13.2. The number of Topliss-reactive ketones (excluding diaryl/α,β-unsaturated/α-hetero) is 1. The average Bonchev–Trinajstić information content (AvgIpc) is 2.69. The Morgan fingerprint density at radius 1 is 1.03 bits per heavy atom. The number of benzene rings is 1. The van der Waals surface area contributed by atoms with Crippen molar-refractivity contribution in [1.82, 2.24) is 0 Å². The van der Waals surface area contributed by atoms with Gasteiger partial charge in [0.15, 0.2) is 12.4 Å². The molecule has 0 heterocycles. The first kappa shape index (κ1) is 25.6. The third-order valence-electron chi connectivity index (χ3n) is 5.12. The average molecular weight is 471 g/mol. The van der Waals surface area contributed by atoms with Crippen molar-refractivity contribution in [3.63, 3.8) is 0 Å². The Hall–Kier alpha value is -2.66. The van der Waals surface area contributed by atoms with Crippen LogP contribution in [0.1, 0.15) is 42.6 Å². The van der Waals surface area contributed by atoms with E-state index in [9.17, 15) is 45.1 Å². The molecule has 2 unspecified atom stereocenters. The van der Waals surface area contributed by atoms with Crippen molar-refractivity contribution in [3.8, 4) is 0 Å². The molecule has 0 aromatic heterocycles. The Labute approximate surface area is 178 Å². The van der Waals surface area contributed by atoms with Gasteiger partial charge < -0.3 is 10.1 Å². The summed E-state index contributed by atoms with van der Waals surface area (Å²) >= 11 is 0. The van der Waals surface area contributed by atoms with Gasteiger partial charge in [-0.1, -0.05) is 19.9 Å². The van der Waals surface area contributed by atoms with E-state index in [0.717, 1.165) is 5.56 Å². The van der Waals surface area contributed by atoms with Crippen LogP contribution in [0.4, 0.5) is 36.4 Å². The van der Waals surface area contributed by atoms with Crippen LogP contribution in [-0.4, -0.2) is 42.3 Å². The Kier molecular flexibility index (Phi) is 7.25. The smallest absolute Gasteiger partial charge is 0.459 e. The molecule has 1 aromatic carbocycles. The first-order chi connectivity index (χ1) is 14.6. The molecule has 0 spiro atoms. The molecule has 2 rings (SSSR count). The summed E-state index contributed by atoms with van der Waals surface area (Å²) in [4.78, 5) is 35.4. The third kappa shape index (κ3) is 5.39. The predicted molar refractivity (Wildman–Crippen MR) is 97.6 cm³/mol. The second-order valence-corrected chi connectivity index (χ2v) is 7.72. The zero-order valence-electron chi connectivity index (χ0n) is 17.0. The molecular formula is C20H20F7NO4. The van der Waals surface area contributed by atoms with Crippen molar-refractivity contribution in [3.05, 3.63) is 29.3 Å².